The second-order valence-electron chi connectivity index (χ2n) is 7.13. The average molecular weight is 401 g/mol. The maximum absolute atomic E-state index is 12.6. The normalized spacial score (nSPS) is 12.5. The van der Waals surface area contributed by atoms with Crippen molar-refractivity contribution in [3.63, 3.8) is 0 Å². The number of rotatable bonds is 6. The van der Waals surface area contributed by atoms with Crippen molar-refractivity contribution >= 4 is 33.4 Å². The fraction of sp³-hybridized carbons (Fsp3) is 0.381. The van der Waals surface area contributed by atoms with Crippen molar-refractivity contribution < 1.29 is 18.7 Å². The Balaban J connectivity index is 1.72. The van der Waals surface area contributed by atoms with Crippen molar-refractivity contribution in [1.82, 2.24) is 9.88 Å². The van der Waals surface area contributed by atoms with Crippen molar-refractivity contribution in [2.24, 2.45) is 0 Å². The van der Waals surface area contributed by atoms with Crippen LogP contribution in [-0.4, -0.2) is 39.9 Å². The predicted molar refractivity (Wildman–Crippen MR) is 109 cm³/mol. The third-order valence-corrected chi connectivity index (χ3v) is 5.36. The van der Waals surface area contributed by atoms with Gasteiger partial charge in [-0.1, -0.05) is 12.1 Å². The molecular weight excluding hydrogens is 376 g/mol. The number of amides is 1. The molecule has 2 aromatic heterocycles. The van der Waals surface area contributed by atoms with Gasteiger partial charge in [-0.3, -0.25) is 4.79 Å². The van der Waals surface area contributed by atoms with E-state index in [1.54, 1.807) is 24.0 Å². The van der Waals surface area contributed by atoms with Crippen LogP contribution in [0.25, 0.3) is 21.0 Å². The van der Waals surface area contributed by atoms with Crippen LogP contribution in [0.3, 0.4) is 0 Å². The number of benzene rings is 1. The highest BCUT2D eigenvalue weighted by molar-refractivity contribution is 7.21. The predicted octanol–water partition coefficient (Wildman–Crippen LogP) is 4.75. The third kappa shape index (κ3) is 4.09. The van der Waals surface area contributed by atoms with Crippen molar-refractivity contribution in [3.05, 3.63) is 42.2 Å². The van der Waals surface area contributed by atoms with E-state index in [0.29, 0.717) is 10.8 Å². The minimum atomic E-state index is -0.895. The number of fused-ring (bicyclic) bond motifs is 1. The third-order valence-electron chi connectivity index (χ3n) is 4.31. The van der Waals surface area contributed by atoms with Gasteiger partial charge < -0.3 is 14.1 Å². The maximum atomic E-state index is 12.6. The van der Waals surface area contributed by atoms with Crippen LogP contribution in [0, 0.1) is 0 Å². The van der Waals surface area contributed by atoms with E-state index < -0.39 is 12.1 Å². The van der Waals surface area contributed by atoms with Gasteiger partial charge in [0.05, 0.1) is 10.2 Å². The molecule has 2 heterocycles. The Morgan fingerprint density at radius 2 is 1.71 bits per heavy atom. The Labute approximate surface area is 168 Å². The molecule has 148 valence electrons. The summed E-state index contributed by atoms with van der Waals surface area (Å²) in [7, 11) is 0. The number of para-hydroxylation sites is 1. The van der Waals surface area contributed by atoms with Crippen LogP contribution in [0.5, 0.6) is 0 Å². The van der Waals surface area contributed by atoms with Gasteiger partial charge in [0.2, 0.25) is 5.76 Å². The first-order valence-corrected chi connectivity index (χ1v) is 10.1. The molecule has 1 aromatic carbocycles. The van der Waals surface area contributed by atoms with E-state index in [1.807, 2.05) is 52.0 Å². The van der Waals surface area contributed by atoms with E-state index in [2.05, 4.69) is 4.98 Å². The van der Waals surface area contributed by atoms with Crippen LogP contribution in [0.15, 0.2) is 40.8 Å². The fourth-order valence-corrected chi connectivity index (χ4v) is 4.05. The summed E-state index contributed by atoms with van der Waals surface area (Å²) in [5.41, 5.74) is 0.879. The first-order chi connectivity index (χ1) is 13.3. The highest BCUT2D eigenvalue weighted by atomic mass is 32.1. The van der Waals surface area contributed by atoms with Crippen molar-refractivity contribution in [1.29, 1.82) is 0 Å². The van der Waals surface area contributed by atoms with Crippen molar-refractivity contribution in [3.8, 4) is 10.8 Å². The summed E-state index contributed by atoms with van der Waals surface area (Å²) in [6.45, 7) is 9.31. The number of nitrogens with zero attached hydrogens (tertiary/aromatic N) is 2. The van der Waals surface area contributed by atoms with E-state index >= 15 is 0 Å². The molecule has 0 aliphatic rings. The summed E-state index contributed by atoms with van der Waals surface area (Å²) < 4.78 is 12.0. The summed E-state index contributed by atoms with van der Waals surface area (Å²) in [5.74, 6) is -0.343. The lowest BCUT2D eigenvalue weighted by Gasteiger charge is -2.32. The number of carbonyl (C=O) groups excluding carboxylic acids is 2. The highest BCUT2D eigenvalue weighted by Crippen LogP contribution is 2.31. The molecule has 28 heavy (non-hydrogen) atoms. The first-order valence-electron chi connectivity index (χ1n) is 9.27. The number of furan rings is 1. The molecule has 0 radical (unpaired) electrons. The van der Waals surface area contributed by atoms with Gasteiger partial charge in [0.15, 0.2) is 16.9 Å². The van der Waals surface area contributed by atoms with Gasteiger partial charge in [0.1, 0.15) is 0 Å². The van der Waals surface area contributed by atoms with Gasteiger partial charge >= 0.3 is 5.97 Å². The number of hydrogen-bond acceptors (Lipinski definition) is 6. The van der Waals surface area contributed by atoms with Gasteiger partial charge in [-0.15, -0.1) is 11.3 Å². The van der Waals surface area contributed by atoms with Gasteiger partial charge in [-0.2, -0.15) is 0 Å². The summed E-state index contributed by atoms with van der Waals surface area (Å²) in [5, 5.41) is 0.690. The number of carbonyl (C=O) groups is 2. The number of hydrogen-bond donors (Lipinski definition) is 0. The summed E-state index contributed by atoms with van der Waals surface area (Å²) >= 11 is 1.49. The molecular formula is C21H24N2O4S. The van der Waals surface area contributed by atoms with Crippen LogP contribution >= 0.6 is 11.3 Å². The van der Waals surface area contributed by atoms with E-state index in [4.69, 9.17) is 9.15 Å². The molecule has 0 saturated heterocycles. The molecule has 0 N–H and O–H groups in total. The molecule has 0 aliphatic heterocycles. The lowest BCUT2D eigenvalue weighted by Crippen LogP contribution is -2.47. The van der Waals surface area contributed by atoms with E-state index in [1.165, 1.54) is 11.3 Å². The SMILES string of the molecule is CC(C)N(C(=O)[C@@H](C)OC(=O)c1ccc(-c2nc3ccccc3s2)o1)C(C)C. The van der Waals surface area contributed by atoms with Gasteiger partial charge in [-0.05, 0) is 58.9 Å². The van der Waals surface area contributed by atoms with Crippen LogP contribution < -0.4 is 0 Å². The molecule has 1 atom stereocenters. The van der Waals surface area contributed by atoms with Crippen molar-refractivity contribution in [2.75, 3.05) is 0 Å². The highest BCUT2D eigenvalue weighted by Gasteiger charge is 2.29. The van der Waals surface area contributed by atoms with Gasteiger partial charge in [0, 0.05) is 12.1 Å². The minimum Gasteiger partial charge on any atom is -0.447 e. The Morgan fingerprint density at radius 3 is 2.36 bits per heavy atom. The van der Waals surface area contributed by atoms with Crippen molar-refractivity contribution in [2.45, 2.75) is 52.8 Å². The standard InChI is InChI=1S/C21H24N2O4S/c1-12(2)23(13(3)4)20(24)14(5)26-21(25)17-11-10-16(27-17)19-22-15-8-6-7-9-18(15)28-19/h6-14H,1-5H3/t14-/m1/s1. The van der Waals surface area contributed by atoms with Gasteiger partial charge in [0.25, 0.3) is 5.91 Å². The summed E-state index contributed by atoms with van der Waals surface area (Å²) in [6, 6.07) is 11.1. The second kappa shape index (κ2) is 8.14. The molecule has 0 bridgehead atoms. The number of aromatic nitrogens is 1. The number of esters is 1. The van der Waals surface area contributed by atoms with E-state index in [0.717, 1.165) is 10.2 Å². The fourth-order valence-electron chi connectivity index (χ4n) is 3.12. The lowest BCUT2D eigenvalue weighted by atomic mass is 10.2. The Bertz CT molecular complexity index is 948. The van der Waals surface area contributed by atoms with Crippen LogP contribution in [0.1, 0.15) is 45.2 Å². The molecule has 0 aliphatic carbocycles. The molecule has 0 unspecified atom stereocenters. The molecule has 1 amide bonds. The molecule has 6 nitrogen and oxygen atoms in total. The Morgan fingerprint density at radius 1 is 1.04 bits per heavy atom. The van der Waals surface area contributed by atoms with E-state index in [9.17, 15) is 9.59 Å². The van der Waals surface area contributed by atoms with Gasteiger partial charge in [-0.25, -0.2) is 9.78 Å². The summed E-state index contributed by atoms with van der Waals surface area (Å²) in [4.78, 5) is 31.3. The molecule has 7 heteroatoms. The van der Waals surface area contributed by atoms with Crippen LogP contribution in [-0.2, 0) is 9.53 Å². The minimum absolute atomic E-state index is 0.0166. The van der Waals surface area contributed by atoms with Crippen LogP contribution in [0.2, 0.25) is 0 Å². The van der Waals surface area contributed by atoms with Crippen LogP contribution in [0.4, 0.5) is 0 Å². The second-order valence-corrected chi connectivity index (χ2v) is 8.16. The molecule has 3 aromatic rings. The zero-order valence-corrected chi connectivity index (χ0v) is 17.4. The Kier molecular flexibility index (Phi) is 5.84. The first kappa shape index (κ1) is 20.1. The lowest BCUT2D eigenvalue weighted by molar-refractivity contribution is -0.143. The zero-order valence-electron chi connectivity index (χ0n) is 16.6. The molecule has 3 rings (SSSR count). The molecule has 0 fully saturated rings. The number of thiazole rings is 1. The maximum Gasteiger partial charge on any atom is 0.375 e. The van der Waals surface area contributed by atoms with E-state index in [-0.39, 0.29) is 23.8 Å². The molecule has 0 spiro atoms. The quantitative estimate of drug-likeness (QED) is 0.559. The smallest absolute Gasteiger partial charge is 0.375 e. The topological polar surface area (TPSA) is 72.6 Å². The zero-order chi connectivity index (χ0) is 20.4. The average Bonchev–Trinajstić information content (AvgIpc) is 3.27. The Hall–Kier alpha value is -2.67. The number of ether oxygens (including phenoxy) is 1. The monoisotopic (exact) mass is 400 g/mol. The summed E-state index contributed by atoms with van der Waals surface area (Å²) in [6.07, 6.45) is -0.895. The largest absolute Gasteiger partial charge is 0.447 e. The molecule has 0 saturated carbocycles.